The van der Waals surface area contributed by atoms with Gasteiger partial charge in [-0.2, -0.15) is 0 Å². The topological polar surface area (TPSA) is 0 Å². The van der Waals surface area contributed by atoms with Gasteiger partial charge < -0.3 is 0 Å². The molecule has 0 N–H and O–H groups in total. The molecule has 0 aromatic rings. The zero-order valence-corrected chi connectivity index (χ0v) is 7.86. The van der Waals surface area contributed by atoms with Gasteiger partial charge in [-0.1, -0.05) is 0 Å². The summed E-state index contributed by atoms with van der Waals surface area (Å²) in [7, 11) is 0. The fourth-order valence-corrected chi connectivity index (χ4v) is 3.76. The van der Waals surface area contributed by atoms with Crippen molar-refractivity contribution in [3.63, 3.8) is 0 Å². The summed E-state index contributed by atoms with van der Waals surface area (Å²) in [5, 5.41) is 2.81. The summed E-state index contributed by atoms with van der Waals surface area (Å²) in [6.07, 6.45) is 9.06. The Morgan fingerprint density at radius 1 is 1.10 bits per heavy atom. The summed E-state index contributed by atoms with van der Waals surface area (Å²) in [5.74, 6) is 0. The van der Waals surface area contributed by atoms with E-state index < -0.39 is 0 Å². The summed E-state index contributed by atoms with van der Waals surface area (Å²) >= 11 is -0.0961. The SMILES string of the molecule is C[CH2][Mn]([CH2]C)[CH]1C=CC=C1. The van der Waals surface area contributed by atoms with Crippen LogP contribution in [-0.4, -0.2) is 0 Å². The van der Waals surface area contributed by atoms with Gasteiger partial charge in [-0.15, -0.1) is 0 Å². The molecule has 0 atom stereocenters. The minimum absolute atomic E-state index is 0.0961. The third-order valence-electron chi connectivity index (χ3n) is 1.74. The van der Waals surface area contributed by atoms with Crippen molar-refractivity contribution in [3.05, 3.63) is 24.3 Å². The van der Waals surface area contributed by atoms with Gasteiger partial charge in [-0.05, 0) is 0 Å². The van der Waals surface area contributed by atoms with Crippen molar-refractivity contribution in [2.45, 2.75) is 29.3 Å². The maximum absolute atomic E-state index is 2.35. The van der Waals surface area contributed by atoms with Crippen molar-refractivity contribution in [1.29, 1.82) is 0 Å². The Balaban J connectivity index is 2.45. The Kier molecular flexibility index (Phi) is 3.24. The van der Waals surface area contributed by atoms with Crippen molar-refractivity contribution >= 4 is 0 Å². The molecule has 1 aliphatic rings. The van der Waals surface area contributed by atoms with Crippen molar-refractivity contribution in [3.8, 4) is 0 Å². The summed E-state index contributed by atoms with van der Waals surface area (Å²) in [6, 6.07) is 0. The van der Waals surface area contributed by atoms with E-state index in [1.807, 2.05) is 0 Å². The Bertz CT molecular complexity index is 131. The van der Waals surface area contributed by atoms with Crippen LogP contribution in [0.15, 0.2) is 24.3 Å². The molecule has 1 aliphatic carbocycles. The predicted octanol–water partition coefficient (Wildman–Crippen LogP) is 3.40. The fraction of sp³-hybridized carbons (Fsp3) is 0.556. The molecule has 0 saturated carbocycles. The molecule has 0 spiro atoms. The molecule has 10 heavy (non-hydrogen) atoms. The molecule has 58 valence electrons. The molecule has 0 bridgehead atoms. The van der Waals surface area contributed by atoms with Gasteiger partial charge in [0.15, 0.2) is 0 Å². The van der Waals surface area contributed by atoms with Crippen LogP contribution in [0.1, 0.15) is 13.8 Å². The number of allylic oxidation sites excluding steroid dienone is 4. The van der Waals surface area contributed by atoms with Crippen LogP contribution in [0.2, 0.25) is 15.5 Å². The molecule has 0 amide bonds. The van der Waals surface area contributed by atoms with Crippen molar-refractivity contribution in [2.24, 2.45) is 0 Å². The van der Waals surface area contributed by atoms with E-state index in [4.69, 9.17) is 0 Å². The summed E-state index contributed by atoms with van der Waals surface area (Å²) in [4.78, 5) is 0.836. The first-order valence-electron chi connectivity index (χ1n) is 3.83. The standard InChI is InChI=1S/C5H5.2C2H5.Mn/c1-2-4-5-3-1;2*1-2;/h1-5H;2*1H2,2H3;. The molecular weight excluding hydrogens is 163 g/mol. The van der Waals surface area contributed by atoms with Crippen molar-refractivity contribution in [2.75, 3.05) is 0 Å². The molecule has 0 aromatic carbocycles. The zero-order valence-electron chi connectivity index (χ0n) is 6.68. The molecule has 1 heteroatoms. The first-order valence-corrected chi connectivity index (χ1v) is 6.18. The Hall–Kier alpha value is -0.000519. The zero-order chi connectivity index (χ0) is 7.40. The Morgan fingerprint density at radius 3 is 2.00 bits per heavy atom. The third kappa shape index (κ3) is 1.74. The number of hydrogen-bond donors (Lipinski definition) is 0. The fourth-order valence-electron chi connectivity index (χ4n) is 1.16. The van der Waals surface area contributed by atoms with E-state index in [-0.39, 0.29) is 13.9 Å². The maximum atomic E-state index is 2.35. The first-order chi connectivity index (χ1) is 4.88. The van der Waals surface area contributed by atoms with Crippen LogP contribution in [-0.2, 0) is 13.9 Å². The van der Waals surface area contributed by atoms with Crippen LogP contribution in [0.3, 0.4) is 0 Å². The van der Waals surface area contributed by atoms with Crippen molar-refractivity contribution < 1.29 is 13.9 Å². The number of rotatable bonds is 3. The van der Waals surface area contributed by atoms with E-state index in [1.165, 1.54) is 10.6 Å². The van der Waals surface area contributed by atoms with E-state index >= 15 is 0 Å². The van der Waals surface area contributed by atoms with Gasteiger partial charge in [0, 0.05) is 0 Å². The molecular formula is C9H15Mn. The molecule has 0 aromatic heterocycles. The summed E-state index contributed by atoms with van der Waals surface area (Å²) < 4.78 is 0. The quantitative estimate of drug-likeness (QED) is 0.581. The van der Waals surface area contributed by atoms with E-state index in [1.54, 1.807) is 0 Å². The van der Waals surface area contributed by atoms with Gasteiger partial charge in [0.25, 0.3) is 0 Å². The van der Waals surface area contributed by atoms with Crippen molar-refractivity contribution in [1.82, 2.24) is 0 Å². The summed E-state index contributed by atoms with van der Waals surface area (Å²) in [6.45, 7) is 4.64. The average Bonchev–Trinajstić information content (AvgIpc) is 2.43. The minimum atomic E-state index is -0.0961. The molecule has 0 fully saturated rings. The van der Waals surface area contributed by atoms with E-state index in [2.05, 4.69) is 38.2 Å². The second-order valence-electron chi connectivity index (χ2n) is 2.25. The van der Waals surface area contributed by atoms with Gasteiger partial charge in [-0.25, -0.2) is 0 Å². The van der Waals surface area contributed by atoms with Crippen LogP contribution in [0.25, 0.3) is 0 Å². The molecule has 0 heterocycles. The van der Waals surface area contributed by atoms with Gasteiger partial charge >= 0.3 is 67.5 Å². The second kappa shape index (κ2) is 4.00. The number of hydrogen-bond acceptors (Lipinski definition) is 0. The molecule has 0 unspecified atom stereocenters. The van der Waals surface area contributed by atoms with Crippen LogP contribution >= 0.6 is 0 Å². The predicted molar refractivity (Wildman–Crippen MR) is 43.0 cm³/mol. The van der Waals surface area contributed by atoms with Gasteiger partial charge in [0.05, 0.1) is 0 Å². The Morgan fingerprint density at radius 2 is 1.60 bits per heavy atom. The first kappa shape index (κ1) is 8.10. The van der Waals surface area contributed by atoms with E-state index in [0.717, 1.165) is 4.82 Å². The molecule has 0 saturated heterocycles. The second-order valence-corrected chi connectivity index (χ2v) is 6.26. The van der Waals surface area contributed by atoms with Gasteiger partial charge in [0.1, 0.15) is 0 Å². The van der Waals surface area contributed by atoms with E-state index in [9.17, 15) is 0 Å². The third-order valence-corrected chi connectivity index (χ3v) is 5.46. The molecule has 0 nitrogen and oxygen atoms in total. The average molecular weight is 178 g/mol. The molecule has 1 rings (SSSR count). The van der Waals surface area contributed by atoms with Gasteiger partial charge in [0.2, 0.25) is 0 Å². The van der Waals surface area contributed by atoms with Gasteiger partial charge in [-0.3, -0.25) is 0 Å². The molecule has 0 radical (unpaired) electrons. The van der Waals surface area contributed by atoms with E-state index in [0.29, 0.717) is 0 Å². The Labute approximate surface area is 67.9 Å². The van der Waals surface area contributed by atoms with Crippen LogP contribution in [0.5, 0.6) is 0 Å². The monoisotopic (exact) mass is 178 g/mol. The van der Waals surface area contributed by atoms with Crippen LogP contribution in [0, 0.1) is 0 Å². The normalized spacial score (nSPS) is 18.4. The van der Waals surface area contributed by atoms with Crippen LogP contribution in [0.4, 0.5) is 0 Å². The molecule has 0 aliphatic heterocycles. The van der Waals surface area contributed by atoms with Crippen LogP contribution < -0.4 is 0 Å². The summed E-state index contributed by atoms with van der Waals surface area (Å²) in [5.41, 5.74) is 0.